The van der Waals surface area contributed by atoms with Gasteiger partial charge in [-0.2, -0.15) is 0 Å². The number of likely N-dealkylation sites (tertiary alicyclic amines) is 2. The Balaban J connectivity index is 0.000000656. The molecule has 2 aliphatic heterocycles. The molecule has 2 N–H and O–H groups in total. The third kappa shape index (κ3) is 6.53. The first kappa shape index (κ1) is 25.5. The number of hydrogen-bond donors (Lipinski definition) is 2. The number of hydrogen-bond acceptors (Lipinski definition) is 3. The number of rotatable bonds is 6. The van der Waals surface area contributed by atoms with Crippen molar-refractivity contribution in [1.82, 2.24) is 15.1 Å². The van der Waals surface area contributed by atoms with Crippen LogP contribution < -0.4 is 5.32 Å². The number of nitrogens with zero attached hydrogens (tertiary/aromatic N) is 2. The van der Waals surface area contributed by atoms with Gasteiger partial charge < -0.3 is 20.2 Å². The van der Waals surface area contributed by atoms with Crippen molar-refractivity contribution in [2.45, 2.75) is 38.1 Å². The Morgan fingerprint density at radius 1 is 0.971 bits per heavy atom. The van der Waals surface area contributed by atoms with Crippen LogP contribution in [0.3, 0.4) is 0 Å². The molecule has 3 atom stereocenters. The highest BCUT2D eigenvalue weighted by atomic mass is 35.5. The van der Waals surface area contributed by atoms with Crippen molar-refractivity contribution < 1.29 is 19.1 Å². The summed E-state index contributed by atoms with van der Waals surface area (Å²) in [4.78, 5) is 28.0. The molecule has 6 nitrogen and oxygen atoms in total. The van der Waals surface area contributed by atoms with Crippen LogP contribution in [0.15, 0.2) is 48.5 Å². The molecule has 0 bridgehead atoms. The maximum atomic E-state index is 14.1. The molecular formula is C27H33ClFN3O3. The van der Waals surface area contributed by atoms with Gasteiger partial charge in [-0.3, -0.25) is 4.79 Å². The number of carbonyl (C=O) groups is 2. The van der Waals surface area contributed by atoms with Gasteiger partial charge in [0.25, 0.3) is 5.91 Å². The monoisotopic (exact) mass is 501 g/mol. The average Bonchev–Trinajstić information content (AvgIpc) is 3.34. The molecule has 2 aromatic rings. The SMILES string of the molecule is C1CCC1.O=C(O)NC(CCN1CC2CN(C(=O)c3c(F)cccc3Cl)C[C@@H]2C1)c1ccccc1. The van der Waals surface area contributed by atoms with Crippen LogP contribution in [0.25, 0.3) is 0 Å². The van der Waals surface area contributed by atoms with E-state index < -0.39 is 11.9 Å². The molecule has 2 heterocycles. The van der Waals surface area contributed by atoms with Crippen LogP contribution in [0, 0.1) is 17.7 Å². The van der Waals surface area contributed by atoms with Crippen LogP contribution in [0.1, 0.15) is 54.1 Å². The van der Waals surface area contributed by atoms with Crippen LogP contribution in [0.4, 0.5) is 9.18 Å². The molecule has 8 heteroatoms. The van der Waals surface area contributed by atoms with Gasteiger partial charge in [0.2, 0.25) is 0 Å². The summed E-state index contributed by atoms with van der Waals surface area (Å²) >= 11 is 6.06. The molecule has 3 aliphatic rings. The highest BCUT2D eigenvalue weighted by Crippen LogP contribution is 2.33. The van der Waals surface area contributed by atoms with Gasteiger partial charge in [0, 0.05) is 32.7 Å². The zero-order valence-corrected chi connectivity index (χ0v) is 20.6. The van der Waals surface area contributed by atoms with Crippen molar-refractivity contribution in [3.63, 3.8) is 0 Å². The van der Waals surface area contributed by atoms with E-state index in [0.29, 0.717) is 31.3 Å². The number of carboxylic acid groups (broad SMARTS) is 1. The van der Waals surface area contributed by atoms with Gasteiger partial charge in [0.05, 0.1) is 16.6 Å². The van der Waals surface area contributed by atoms with Crippen molar-refractivity contribution in [3.05, 3.63) is 70.5 Å². The minimum absolute atomic E-state index is 0.0496. The standard InChI is InChI=1S/C23H25ClFN3O3.C4H8/c24-18-7-4-8-19(25)21(18)22(29)28-13-16-11-27(12-17(16)14-28)10-9-20(26-23(30)31)15-5-2-1-3-6-15;1-2-4-3-1/h1-8,16-17,20,26H,9-14H2,(H,30,31);1-4H2/t16-,17?,20?;/m0./s1. The van der Waals surface area contributed by atoms with Gasteiger partial charge in [-0.15, -0.1) is 0 Å². The summed E-state index contributed by atoms with van der Waals surface area (Å²) in [5.74, 6) is -0.276. The Kier molecular flexibility index (Phi) is 8.63. The van der Waals surface area contributed by atoms with Crippen LogP contribution >= 0.6 is 11.6 Å². The fourth-order valence-corrected chi connectivity index (χ4v) is 5.26. The summed E-state index contributed by atoms with van der Waals surface area (Å²) in [7, 11) is 0. The predicted molar refractivity (Wildman–Crippen MR) is 134 cm³/mol. The summed E-state index contributed by atoms with van der Waals surface area (Å²) in [5, 5.41) is 11.9. The van der Waals surface area contributed by atoms with E-state index in [0.717, 1.165) is 25.2 Å². The predicted octanol–water partition coefficient (Wildman–Crippen LogP) is 5.44. The zero-order valence-electron chi connectivity index (χ0n) is 19.8. The zero-order chi connectivity index (χ0) is 24.8. The van der Waals surface area contributed by atoms with E-state index in [2.05, 4.69) is 10.2 Å². The first-order valence-corrected chi connectivity index (χ1v) is 12.8. The summed E-state index contributed by atoms with van der Waals surface area (Å²) in [5.41, 5.74) is 0.897. The Morgan fingerprint density at radius 3 is 2.14 bits per heavy atom. The van der Waals surface area contributed by atoms with Crippen LogP contribution in [-0.4, -0.2) is 59.6 Å². The Morgan fingerprint density at radius 2 is 1.60 bits per heavy atom. The Labute approximate surface area is 211 Å². The molecular weight excluding hydrogens is 469 g/mol. The second-order valence-electron chi connectivity index (χ2n) is 9.70. The molecule has 0 spiro atoms. The molecule has 2 aromatic carbocycles. The van der Waals surface area contributed by atoms with Gasteiger partial charge in [0.15, 0.2) is 0 Å². The molecule has 0 aromatic heterocycles. The van der Waals surface area contributed by atoms with Crippen molar-refractivity contribution >= 4 is 23.6 Å². The summed E-state index contributed by atoms with van der Waals surface area (Å²) in [6, 6.07) is 13.6. The van der Waals surface area contributed by atoms with E-state index >= 15 is 0 Å². The average molecular weight is 502 g/mol. The molecule has 1 saturated carbocycles. The lowest BCUT2D eigenvalue weighted by atomic mass is 10.0. The number of fused-ring (bicyclic) bond motifs is 1. The number of benzene rings is 2. The number of nitrogens with one attached hydrogen (secondary N) is 1. The van der Waals surface area contributed by atoms with Crippen molar-refractivity contribution in [3.8, 4) is 0 Å². The van der Waals surface area contributed by atoms with Gasteiger partial charge in [0.1, 0.15) is 5.82 Å². The first-order chi connectivity index (χ1) is 16.9. The number of amides is 2. The highest BCUT2D eigenvalue weighted by molar-refractivity contribution is 6.33. The normalized spacial score (nSPS) is 21.9. The van der Waals surface area contributed by atoms with Gasteiger partial charge in [-0.1, -0.05) is 73.7 Å². The van der Waals surface area contributed by atoms with E-state index in [9.17, 15) is 19.1 Å². The number of carbonyl (C=O) groups excluding carboxylic acids is 1. The van der Waals surface area contributed by atoms with Crippen molar-refractivity contribution in [1.29, 1.82) is 0 Å². The van der Waals surface area contributed by atoms with Gasteiger partial charge >= 0.3 is 6.09 Å². The fraction of sp³-hybridized carbons (Fsp3) is 0.481. The molecule has 5 rings (SSSR count). The maximum absolute atomic E-state index is 14.1. The largest absolute Gasteiger partial charge is 0.465 e. The summed E-state index contributed by atoms with van der Waals surface area (Å²) < 4.78 is 14.1. The van der Waals surface area contributed by atoms with Crippen LogP contribution in [-0.2, 0) is 0 Å². The van der Waals surface area contributed by atoms with Crippen LogP contribution in [0.5, 0.6) is 0 Å². The first-order valence-electron chi connectivity index (χ1n) is 12.4. The number of halogens is 2. The van der Waals surface area contributed by atoms with Crippen molar-refractivity contribution in [2.75, 3.05) is 32.7 Å². The van der Waals surface area contributed by atoms with E-state index in [1.54, 1.807) is 4.90 Å². The molecule has 2 saturated heterocycles. The second-order valence-corrected chi connectivity index (χ2v) is 10.1. The fourth-order valence-electron chi connectivity index (χ4n) is 5.02. The van der Waals surface area contributed by atoms with Gasteiger partial charge in [-0.25, -0.2) is 9.18 Å². The molecule has 2 amide bonds. The summed E-state index contributed by atoms with van der Waals surface area (Å²) in [6.45, 7) is 3.61. The lowest BCUT2D eigenvalue weighted by molar-refractivity contribution is 0.0769. The van der Waals surface area contributed by atoms with Crippen molar-refractivity contribution in [2.24, 2.45) is 11.8 Å². The summed E-state index contributed by atoms with van der Waals surface area (Å²) in [6.07, 6.45) is 5.64. The quantitative estimate of drug-likeness (QED) is 0.552. The Bertz CT molecular complexity index is 980. The second kappa shape index (κ2) is 11.9. The molecule has 3 fully saturated rings. The van der Waals surface area contributed by atoms with E-state index in [1.165, 1.54) is 43.9 Å². The third-order valence-electron chi connectivity index (χ3n) is 7.26. The molecule has 35 heavy (non-hydrogen) atoms. The lowest BCUT2D eigenvalue weighted by Crippen LogP contribution is -2.35. The topological polar surface area (TPSA) is 72.9 Å². The Hall–Kier alpha value is -2.64. The minimum atomic E-state index is -1.03. The van der Waals surface area contributed by atoms with E-state index in [1.807, 2.05) is 30.3 Å². The molecule has 2 unspecified atom stereocenters. The lowest BCUT2D eigenvalue weighted by Gasteiger charge is -2.24. The van der Waals surface area contributed by atoms with E-state index in [4.69, 9.17) is 11.6 Å². The molecule has 188 valence electrons. The smallest absolute Gasteiger partial charge is 0.405 e. The maximum Gasteiger partial charge on any atom is 0.405 e. The molecule has 1 aliphatic carbocycles. The van der Waals surface area contributed by atoms with Crippen LogP contribution in [0.2, 0.25) is 5.02 Å². The van der Waals surface area contributed by atoms with Gasteiger partial charge in [-0.05, 0) is 36.0 Å². The third-order valence-corrected chi connectivity index (χ3v) is 7.57. The highest BCUT2D eigenvalue weighted by Gasteiger charge is 2.42. The van der Waals surface area contributed by atoms with E-state index in [-0.39, 0.29) is 22.5 Å². The minimum Gasteiger partial charge on any atom is -0.465 e. The molecule has 0 radical (unpaired) electrons.